The number of aliphatic hydroxyl groups excluding tert-OH is 2. The van der Waals surface area contributed by atoms with Crippen molar-refractivity contribution in [3.05, 3.63) is 125 Å². The number of rotatable bonds is 12. The van der Waals surface area contributed by atoms with Gasteiger partial charge in [0.1, 0.15) is 0 Å². The van der Waals surface area contributed by atoms with E-state index in [9.17, 15) is 18.6 Å². The molecule has 0 unspecified atom stereocenters. The zero-order chi connectivity index (χ0) is 29.4. The van der Waals surface area contributed by atoms with Crippen LogP contribution in [0.2, 0.25) is 0 Å². The highest BCUT2D eigenvalue weighted by atomic mass is 32.2. The summed E-state index contributed by atoms with van der Waals surface area (Å²) in [6.07, 6.45) is -0.101. The first-order valence-electron chi connectivity index (χ1n) is 13.9. The lowest BCUT2D eigenvalue weighted by molar-refractivity contribution is -0.245. The molecule has 9 heteroatoms. The summed E-state index contributed by atoms with van der Waals surface area (Å²) in [6.45, 7) is 0.278. The van der Waals surface area contributed by atoms with Gasteiger partial charge in [-0.05, 0) is 39.9 Å². The van der Waals surface area contributed by atoms with Crippen molar-refractivity contribution in [1.29, 1.82) is 0 Å². The van der Waals surface area contributed by atoms with Gasteiger partial charge in [0.25, 0.3) is 0 Å². The quantitative estimate of drug-likeness (QED) is 0.181. The van der Waals surface area contributed by atoms with E-state index in [1.807, 2.05) is 72.8 Å². The lowest BCUT2D eigenvalue weighted by atomic mass is 9.98. The van der Waals surface area contributed by atoms with Crippen LogP contribution >= 0.6 is 11.8 Å². The molecule has 0 saturated carbocycles. The molecule has 1 aliphatic heterocycles. The minimum absolute atomic E-state index is 0.00760. The molecule has 4 aromatic carbocycles. The molecule has 3 N–H and O–H groups in total. The number of hydrogen-bond acceptors (Lipinski definition) is 7. The summed E-state index contributed by atoms with van der Waals surface area (Å²) in [5, 5.41) is 18.7. The fraction of sp³-hybridized carbons (Fsp3) is 0.273. The van der Waals surface area contributed by atoms with E-state index in [1.54, 1.807) is 42.1 Å². The molecule has 1 heterocycles. The maximum absolute atomic E-state index is 12.8. The number of benzene rings is 4. The van der Waals surface area contributed by atoms with Gasteiger partial charge >= 0.3 is 0 Å². The number of thioether (sulfide) groups is 1. The van der Waals surface area contributed by atoms with Crippen molar-refractivity contribution in [2.45, 2.75) is 43.0 Å². The maximum atomic E-state index is 12.8. The fourth-order valence-corrected chi connectivity index (χ4v) is 6.73. The van der Waals surface area contributed by atoms with Crippen molar-refractivity contribution >= 4 is 21.8 Å². The molecular formula is C33H35NO6S2. The summed E-state index contributed by atoms with van der Waals surface area (Å²) in [4.78, 5) is 0.232. The molecule has 42 heavy (non-hydrogen) atoms. The lowest BCUT2D eigenvalue weighted by Gasteiger charge is -2.36. The van der Waals surface area contributed by atoms with Crippen LogP contribution in [0, 0.1) is 0 Å². The van der Waals surface area contributed by atoms with Gasteiger partial charge in [-0.15, -0.1) is 0 Å². The van der Waals surface area contributed by atoms with Crippen LogP contribution in [-0.4, -0.2) is 42.8 Å². The predicted molar refractivity (Wildman–Crippen MR) is 165 cm³/mol. The Hall–Kier alpha value is -3.02. The Bertz CT molecular complexity index is 1530. The molecule has 4 aromatic rings. The van der Waals surface area contributed by atoms with Gasteiger partial charge in [0.15, 0.2) is 6.29 Å². The van der Waals surface area contributed by atoms with Crippen molar-refractivity contribution in [2.75, 3.05) is 18.1 Å². The van der Waals surface area contributed by atoms with Crippen LogP contribution in [0.5, 0.6) is 0 Å². The van der Waals surface area contributed by atoms with Gasteiger partial charge in [-0.1, -0.05) is 91.0 Å². The largest absolute Gasteiger partial charge is 0.396 e. The standard InChI is InChI=1S/C33H35NO6S2/c35-18-19-41-23-29-20-32(26-12-10-24(22-36)11-13-26)40-33(39-29)27-16-14-25(15-17-27)31-9-5-4-6-28(31)21-34-42(37,38)30-7-2-1-3-8-30/h1-17,29,32-36H,18-23H2/t29-,32+,33+/m0/s1. The van der Waals surface area contributed by atoms with Crippen LogP contribution in [-0.2, 0) is 32.6 Å². The molecule has 0 amide bonds. The first-order chi connectivity index (χ1) is 20.5. The smallest absolute Gasteiger partial charge is 0.240 e. The molecule has 3 atom stereocenters. The van der Waals surface area contributed by atoms with Gasteiger partial charge in [-0.2, -0.15) is 11.8 Å². The van der Waals surface area contributed by atoms with Crippen LogP contribution in [0.1, 0.15) is 41.1 Å². The molecule has 0 spiro atoms. The number of hydrogen-bond donors (Lipinski definition) is 3. The Kier molecular flexibility index (Phi) is 10.5. The van der Waals surface area contributed by atoms with Gasteiger partial charge in [0, 0.05) is 30.0 Å². The normalized spacial score (nSPS) is 19.0. The third-order valence-corrected chi connectivity index (χ3v) is 9.67. The summed E-state index contributed by atoms with van der Waals surface area (Å²) in [5.74, 6) is 1.40. The monoisotopic (exact) mass is 605 g/mol. The summed E-state index contributed by atoms with van der Waals surface area (Å²) >= 11 is 1.65. The van der Waals surface area contributed by atoms with E-state index in [0.29, 0.717) is 12.2 Å². The molecule has 220 valence electrons. The second-order valence-corrected chi connectivity index (χ2v) is 13.0. The highest BCUT2D eigenvalue weighted by Crippen LogP contribution is 2.39. The molecule has 1 saturated heterocycles. The fourth-order valence-electron chi connectivity index (χ4n) is 4.93. The molecule has 1 aliphatic rings. The van der Waals surface area contributed by atoms with E-state index in [0.717, 1.165) is 39.1 Å². The summed E-state index contributed by atoms with van der Waals surface area (Å²) in [6, 6.07) is 31.9. The Morgan fingerprint density at radius 2 is 1.50 bits per heavy atom. The molecule has 0 aromatic heterocycles. The van der Waals surface area contributed by atoms with E-state index in [1.165, 1.54) is 0 Å². The van der Waals surface area contributed by atoms with Crippen molar-refractivity contribution in [1.82, 2.24) is 4.72 Å². The van der Waals surface area contributed by atoms with E-state index in [-0.39, 0.29) is 36.9 Å². The summed E-state index contributed by atoms with van der Waals surface area (Å²) in [7, 11) is -3.64. The number of aliphatic hydroxyl groups is 2. The van der Waals surface area contributed by atoms with Crippen LogP contribution in [0.3, 0.4) is 0 Å². The minimum atomic E-state index is -3.64. The van der Waals surface area contributed by atoms with E-state index in [4.69, 9.17) is 9.47 Å². The average Bonchev–Trinajstić information content (AvgIpc) is 3.04. The molecule has 0 radical (unpaired) electrons. The van der Waals surface area contributed by atoms with Crippen LogP contribution in [0.15, 0.2) is 108 Å². The zero-order valence-electron chi connectivity index (χ0n) is 23.1. The van der Waals surface area contributed by atoms with Crippen molar-refractivity contribution in [2.24, 2.45) is 0 Å². The molecular weight excluding hydrogens is 570 g/mol. The van der Waals surface area contributed by atoms with Crippen molar-refractivity contribution in [3.63, 3.8) is 0 Å². The molecule has 7 nitrogen and oxygen atoms in total. The highest BCUT2D eigenvalue weighted by molar-refractivity contribution is 7.99. The van der Waals surface area contributed by atoms with Gasteiger partial charge in [0.05, 0.1) is 30.3 Å². The van der Waals surface area contributed by atoms with E-state index in [2.05, 4.69) is 4.72 Å². The van der Waals surface area contributed by atoms with Gasteiger partial charge in [-0.25, -0.2) is 13.1 Å². The van der Waals surface area contributed by atoms with Gasteiger partial charge < -0.3 is 19.7 Å². The molecule has 1 fully saturated rings. The van der Waals surface area contributed by atoms with Crippen molar-refractivity contribution < 1.29 is 28.1 Å². The highest BCUT2D eigenvalue weighted by Gasteiger charge is 2.32. The molecule has 5 rings (SSSR count). The predicted octanol–water partition coefficient (Wildman–Crippen LogP) is 5.60. The Balaban J connectivity index is 1.33. The number of nitrogens with one attached hydrogen (secondary N) is 1. The Morgan fingerprint density at radius 3 is 2.21 bits per heavy atom. The molecule has 0 aliphatic carbocycles. The van der Waals surface area contributed by atoms with E-state index < -0.39 is 16.3 Å². The SMILES string of the molecule is O=S(=O)(NCc1ccccc1-c1ccc([C@@H]2O[C@H](CSCCO)C[C@H](c3ccc(CO)cc3)O2)cc1)c1ccccc1. The first kappa shape index (κ1) is 30.4. The first-order valence-corrected chi connectivity index (χ1v) is 16.5. The number of ether oxygens (including phenoxy) is 2. The minimum Gasteiger partial charge on any atom is -0.396 e. The third-order valence-electron chi connectivity index (χ3n) is 7.17. The number of sulfonamides is 1. The molecule has 0 bridgehead atoms. The Labute approximate surface area is 251 Å². The van der Waals surface area contributed by atoms with Crippen LogP contribution < -0.4 is 4.72 Å². The zero-order valence-corrected chi connectivity index (χ0v) is 24.8. The maximum Gasteiger partial charge on any atom is 0.240 e. The van der Waals surface area contributed by atoms with Crippen LogP contribution in [0.25, 0.3) is 11.1 Å². The summed E-state index contributed by atoms with van der Waals surface area (Å²) < 4.78 is 41.1. The second-order valence-electron chi connectivity index (χ2n) is 10.1. The van der Waals surface area contributed by atoms with Crippen LogP contribution in [0.4, 0.5) is 0 Å². The lowest BCUT2D eigenvalue weighted by Crippen LogP contribution is -2.31. The Morgan fingerprint density at radius 1 is 0.810 bits per heavy atom. The topological polar surface area (TPSA) is 105 Å². The average molecular weight is 606 g/mol. The van der Waals surface area contributed by atoms with E-state index >= 15 is 0 Å². The van der Waals surface area contributed by atoms with Gasteiger partial charge in [-0.3, -0.25) is 0 Å². The van der Waals surface area contributed by atoms with Crippen molar-refractivity contribution in [3.8, 4) is 11.1 Å². The summed E-state index contributed by atoms with van der Waals surface area (Å²) in [5.41, 5.74) is 5.51. The third kappa shape index (κ3) is 7.67. The van der Waals surface area contributed by atoms with Gasteiger partial charge in [0.2, 0.25) is 10.0 Å². The second kappa shape index (κ2) is 14.4.